The van der Waals surface area contributed by atoms with Crippen LogP contribution in [0.25, 0.3) is 5.65 Å². The van der Waals surface area contributed by atoms with E-state index in [-0.39, 0.29) is 30.4 Å². The van der Waals surface area contributed by atoms with E-state index in [9.17, 15) is 9.59 Å². The van der Waals surface area contributed by atoms with E-state index in [0.29, 0.717) is 48.8 Å². The van der Waals surface area contributed by atoms with E-state index in [2.05, 4.69) is 30.8 Å². The van der Waals surface area contributed by atoms with Gasteiger partial charge in [-0.15, -0.1) is 14.8 Å². The monoisotopic (exact) mass is 478 g/mol. The molecule has 182 valence electrons. The molecule has 5 heterocycles. The number of ether oxygens (including phenoxy) is 2. The summed E-state index contributed by atoms with van der Waals surface area (Å²) in [7, 11) is 0. The van der Waals surface area contributed by atoms with Gasteiger partial charge in [0.2, 0.25) is 18.6 Å². The summed E-state index contributed by atoms with van der Waals surface area (Å²) in [6, 6.07) is 9.14. The second-order valence-corrected chi connectivity index (χ2v) is 9.14. The number of nitrogens with zero attached hydrogens (tertiary/aromatic N) is 7. The molecule has 0 unspecified atom stereocenters. The van der Waals surface area contributed by atoms with Gasteiger partial charge in [-0.2, -0.15) is 0 Å². The zero-order valence-electron chi connectivity index (χ0n) is 19.2. The molecule has 0 spiro atoms. The molecule has 3 aliphatic rings. The third-order valence-electron chi connectivity index (χ3n) is 7.04. The number of tetrazole rings is 1. The van der Waals surface area contributed by atoms with Crippen LogP contribution in [-0.4, -0.2) is 74.9 Å². The first-order chi connectivity index (χ1) is 17.1. The molecule has 0 radical (unpaired) electrons. The van der Waals surface area contributed by atoms with E-state index >= 15 is 0 Å². The third kappa shape index (κ3) is 4.31. The number of aromatic nitrogens is 5. The second kappa shape index (κ2) is 9.01. The molecule has 6 rings (SSSR count). The van der Waals surface area contributed by atoms with Crippen LogP contribution in [0.3, 0.4) is 0 Å². The second-order valence-electron chi connectivity index (χ2n) is 9.14. The fourth-order valence-electron chi connectivity index (χ4n) is 5.00. The van der Waals surface area contributed by atoms with Crippen molar-refractivity contribution in [1.29, 1.82) is 0 Å². The Hall–Kier alpha value is -3.96. The predicted octanol–water partition coefficient (Wildman–Crippen LogP) is 1.34. The minimum absolute atomic E-state index is 0.00188. The summed E-state index contributed by atoms with van der Waals surface area (Å²) in [5.74, 6) is 2.21. The van der Waals surface area contributed by atoms with Crippen LogP contribution in [-0.2, 0) is 9.59 Å². The summed E-state index contributed by atoms with van der Waals surface area (Å²) in [5.41, 5.74) is 1.30. The van der Waals surface area contributed by atoms with Gasteiger partial charge >= 0.3 is 0 Å². The molecule has 2 aromatic heterocycles. The molecule has 12 nitrogen and oxygen atoms in total. The van der Waals surface area contributed by atoms with Crippen molar-refractivity contribution in [2.24, 2.45) is 11.8 Å². The predicted molar refractivity (Wildman–Crippen MR) is 124 cm³/mol. The average Bonchev–Trinajstić information content (AvgIpc) is 3.57. The lowest BCUT2D eigenvalue weighted by Crippen LogP contribution is -2.46. The molecular formula is C23H26N8O4. The zero-order valence-corrected chi connectivity index (χ0v) is 19.2. The fourth-order valence-corrected chi connectivity index (χ4v) is 5.00. The number of anilines is 2. The number of amides is 2. The Balaban J connectivity index is 0.986. The molecule has 2 saturated heterocycles. The number of carbonyl (C=O) groups excluding carboxylic acids is 2. The van der Waals surface area contributed by atoms with Gasteiger partial charge in [0.05, 0.1) is 0 Å². The topological polar surface area (TPSA) is 127 Å². The van der Waals surface area contributed by atoms with Gasteiger partial charge < -0.3 is 24.6 Å². The molecule has 0 bridgehead atoms. The summed E-state index contributed by atoms with van der Waals surface area (Å²) < 4.78 is 12.1. The number of fused-ring (bicyclic) bond motifs is 2. The van der Waals surface area contributed by atoms with Crippen molar-refractivity contribution < 1.29 is 19.1 Å². The van der Waals surface area contributed by atoms with E-state index in [4.69, 9.17) is 9.47 Å². The lowest BCUT2D eigenvalue weighted by molar-refractivity contribution is -0.139. The number of hydrogen-bond acceptors (Lipinski definition) is 9. The van der Waals surface area contributed by atoms with Crippen molar-refractivity contribution in [1.82, 2.24) is 30.2 Å². The highest BCUT2D eigenvalue weighted by molar-refractivity contribution is 5.93. The standard InChI is InChI=1S/C23H26N8O4/c32-22(24-17-1-2-18-19(13-17)35-14-34-18)15-5-11-30(12-6-15)23(33)16-7-9-29(10-8-16)21-4-3-20-25-27-28-31(20)26-21/h1-4,13,15-16H,5-12,14H2,(H,24,32). The maximum absolute atomic E-state index is 13.1. The van der Waals surface area contributed by atoms with Gasteiger partial charge in [-0.25, -0.2) is 0 Å². The smallest absolute Gasteiger partial charge is 0.231 e. The van der Waals surface area contributed by atoms with E-state index in [1.54, 1.807) is 12.1 Å². The van der Waals surface area contributed by atoms with Crippen LogP contribution < -0.4 is 19.7 Å². The van der Waals surface area contributed by atoms with E-state index in [0.717, 1.165) is 31.7 Å². The molecule has 12 heteroatoms. The van der Waals surface area contributed by atoms with E-state index in [1.165, 1.54) is 4.63 Å². The first kappa shape index (κ1) is 21.6. The van der Waals surface area contributed by atoms with E-state index < -0.39 is 0 Å². The Morgan fingerprint density at radius 2 is 1.69 bits per heavy atom. The quantitative estimate of drug-likeness (QED) is 0.591. The van der Waals surface area contributed by atoms with Crippen molar-refractivity contribution in [2.45, 2.75) is 25.7 Å². The molecule has 1 aromatic carbocycles. The lowest BCUT2D eigenvalue weighted by atomic mass is 9.91. The largest absolute Gasteiger partial charge is 0.454 e. The van der Waals surface area contributed by atoms with Gasteiger partial charge in [-0.1, -0.05) is 0 Å². The average molecular weight is 479 g/mol. The Bertz CT molecular complexity index is 1250. The van der Waals surface area contributed by atoms with Gasteiger partial charge in [0, 0.05) is 49.8 Å². The summed E-state index contributed by atoms with van der Waals surface area (Å²) in [6.45, 7) is 2.92. The van der Waals surface area contributed by atoms with Crippen molar-refractivity contribution in [3.05, 3.63) is 30.3 Å². The third-order valence-corrected chi connectivity index (χ3v) is 7.04. The molecule has 2 amide bonds. The maximum Gasteiger partial charge on any atom is 0.231 e. The van der Waals surface area contributed by atoms with Crippen molar-refractivity contribution in [3.8, 4) is 11.5 Å². The molecule has 35 heavy (non-hydrogen) atoms. The first-order valence-corrected chi connectivity index (χ1v) is 11.9. The lowest BCUT2D eigenvalue weighted by Gasteiger charge is -2.37. The number of hydrogen-bond donors (Lipinski definition) is 1. The van der Waals surface area contributed by atoms with Crippen LogP contribution in [0.2, 0.25) is 0 Å². The zero-order chi connectivity index (χ0) is 23.8. The SMILES string of the molecule is O=C(Nc1ccc2c(c1)OCO2)C1CCN(C(=O)C2CCN(c3ccc4nnnn4n3)CC2)CC1. The Kier molecular flexibility index (Phi) is 5.55. The number of benzene rings is 1. The number of rotatable bonds is 4. The molecule has 1 N–H and O–H groups in total. The molecular weight excluding hydrogens is 452 g/mol. The Morgan fingerprint density at radius 3 is 2.51 bits per heavy atom. The summed E-state index contributed by atoms with van der Waals surface area (Å²) in [5, 5.41) is 18.8. The van der Waals surface area contributed by atoms with Gasteiger partial charge in [-0.3, -0.25) is 9.59 Å². The fraction of sp³-hybridized carbons (Fsp3) is 0.478. The van der Waals surface area contributed by atoms with Crippen LogP contribution in [0.15, 0.2) is 30.3 Å². The molecule has 0 atom stereocenters. The van der Waals surface area contributed by atoms with Gasteiger partial charge in [0.15, 0.2) is 23.0 Å². The van der Waals surface area contributed by atoms with Crippen LogP contribution >= 0.6 is 0 Å². The minimum atomic E-state index is -0.112. The highest BCUT2D eigenvalue weighted by atomic mass is 16.7. The van der Waals surface area contributed by atoms with Crippen molar-refractivity contribution >= 4 is 29.0 Å². The summed E-state index contributed by atoms with van der Waals surface area (Å²) in [6.07, 6.45) is 2.88. The van der Waals surface area contributed by atoms with Crippen LogP contribution in [0.5, 0.6) is 11.5 Å². The highest BCUT2D eigenvalue weighted by Crippen LogP contribution is 2.34. The molecule has 0 aliphatic carbocycles. The highest BCUT2D eigenvalue weighted by Gasteiger charge is 2.33. The molecule has 3 aromatic rings. The van der Waals surface area contributed by atoms with Crippen molar-refractivity contribution in [3.63, 3.8) is 0 Å². The molecule has 0 saturated carbocycles. The van der Waals surface area contributed by atoms with Crippen molar-refractivity contribution in [2.75, 3.05) is 43.2 Å². The van der Waals surface area contributed by atoms with E-state index in [1.807, 2.05) is 23.1 Å². The summed E-state index contributed by atoms with van der Waals surface area (Å²) in [4.78, 5) is 30.0. The number of nitrogens with one attached hydrogen (secondary N) is 1. The number of likely N-dealkylation sites (tertiary alicyclic amines) is 1. The molecule has 3 aliphatic heterocycles. The normalized spacial score (nSPS) is 18.7. The summed E-state index contributed by atoms with van der Waals surface area (Å²) >= 11 is 0. The van der Waals surface area contributed by atoms with Gasteiger partial charge in [0.25, 0.3) is 0 Å². The Morgan fingerprint density at radius 1 is 0.914 bits per heavy atom. The first-order valence-electron chi connectivity index (χ1n) is 11.9. The van der Waals surface area contributed by atoms with Crippen LogP contribution in [0.4, 0.5) is 11.5 Å². The van der Waals surface area contributed by atoms with Crippen LogP contribution in [0.1, 0.15) is 25.7 Å². The maximum atomic E-state index is 13.1. The molecule has 2 fully saturated rings. The minimum Gasteiger partial charge on any atom is -0.454 e. The number of carbonyl (C=O) groups is 2. The van der Waals surface area contributed by atoms with Gasteiger partial charge in [0.1, 0.15) is 0 Å². The number of piperidine rings is 2. The van der Waals surface area contributed by atoms with Crippen LogP contribution in [0, 0.1) is 11.8 Å². The Labute approximate surface area is 201 Å². The van der Waals surface area contributed by atoms with Gasteiger partial charge in [-0.05, 0) is 60.4 Å².